The molecular formula is C14H26N2O. The maximum atomic E-state index is 5.60. The Morgan fingerprint density at radius 2 is 2.06 bits per heavy atom. The van der Waals surface area contributed by atoms with Crippen LogP contribution in [0.2, 0.25) is 0 Å². The number of hydrogen-bond acceptors (Lipinski definition) is 3. The van der Waals surface area contributed by atoms with E-state index in [0.717, 1.165) is 24.6 Å². The minimum absolute atomic E-state index is 0.286. The van der Waals surface area contributed by atoms with Gasteiger partial charge in [-0.15, -0.1) is 0 Å². The number of hydrogen-bond donors (Lipinski definition) is 1. The van der Waals surface area contributed by atoms with Gasteiger partial charge in [0.05, 0.1) is 6.04 Å². The Labute approximate surface area is 105 Å². The van der Waals surface area contributed by atoms with E-state index in [9.17, 15) is 0 Å². The SMILES string of the molecule is CCC(C)N(C)CCNC(C)c1ccc(C)o1. The van der Waals surface area contributed by atoms with Crippen molar-refractivity contribution >= 4 is 0 Å². The molecule has 0 bridgehead atoms. The first kappa shape index (κ1) is 14.3. The van der Waals surface area contributed by atoms with Crippen LogP contribution >= 0.6 is 0 Å². The van der Waals surface area contributed by atoms with Gasteiger partial charge in [0.1, 0.15) is 11.5 Å². The Bertz CT molecular complexity index is 322. The van der Waals surface area contributed by atoms with Crippen LogP contribution in [0.1, 0.15) is 44.8 Å². The van der Waals surface area contributed by atoms with Gasteiger partial charge < -0.3 is 14.6 Å². The molecule has 3 heteroatoms. The maximum absolute atomic E-state index is 5.60. The zero-order valence-corrected chi connectivity index (χ0v) is 11.8. The molecule has 17 heavy (non-hydrogen) atoms. The lowest BCUT2D eigenvalue weighted by atomic mass is 10.2. The predicted molar refractivity (Wildman–Crippen MR) is 72.2 cm³/mol. The van der Waals surface area contributed by atoms with Gasteiger partial charge in [-0.05, 0) is 46.4 Å². The molecule has 0 amide bonds. The largest absolute Gasteiger partial charge is 0.465 e. The highest BCUT2D eigenvalue weighted by molar-refractivity contribution is 5.08. The maximum Gasteiger partial charge on any atom is 0.120 e. The first-order valence-corrected chi connectivity index (χ1v) is 6.54. The highest BCUT2D eigenvalue weighted by Gasteiger charge is 2.10. The summed E-state index contributed by atoms with van der Waals surface area (Å²) in [6, 6.07) is 5.00. The number of likely N-dealkylation sites (N-methyl/N-ethyl adjacent to an activating group) is 1. The van der Waals surface area contributed by atoms with Gasteiger partial charge in [-0.2, -0.15) is 0 Å². The molecule has 0 aliphatic heterocycles. The fraction of sp³-hybridized carbons (Fsp3) is 0.714. The summed E-state index contributed by atoms with van der Waals surface area (Å²) >= 11 is 0. The molecule has 0 spiro atoms. The van der Waals surface area contributed by atoms with E-state index in [1.807, 2.05) is 19.1 Å². The number of aryl methyl sites for hydroxylation is 1. The van der Waals surface area contributed by atoms with Crippen molar-refractivity contribution in [2.45, 2.75) is 46.2 Å². The Kier molecular flexibility index (Phi) is 5.72. The molecule has 0 radical (unpaired) electrons. The predicted octanol–water partition coefficient (Wildman–Crippen LogP) is 2.97. The minimum atomic E-state index is 0.286. The van der Waals surface area contributed by atoms with Crippen molar-refractivity contribution in [1.82, 2.24) is 10.2 Å². The van der Waals surface area contributed by atoms with Crippen LogP contribution in [-0.2, 0) is 0 Å². The Morgan fingerprint density at radius 1 is 1.35 bits per heavy atom. The average Bonchev–Trinajstić information content (AvgIpc) is 2.74. The van der Waals surface area contributed by atoms with Crippen LogP contribution in [0.15, 0.2) is 16.5 Å². The summed E-state index contributed by atoms with van der Waals surface area (Å²) in [5.41, 5.74) is 0. The summed E-state index contributed by atoms with van der Waals surface area (Å²) in [4.78, 5) is 2.38. The normalized spacial score (nSPS) is 15.2. The van der Waals surface area contributed by atoms with Crippen molar-refractivity contribution in [3.8, 4) is 0 Å². The van der Waals surface area contributed by atoms with Crippen LogP contribution in [0.4, 0.5) is 0 Å². The van der Waals surface area contributed by atoms with Crippen molar-refractivity contribution in [1.29, 1.82) is 0 Å². The van der Waals surface area contributed by atoms with Gasteiger partial charge in [0, 0.05) is 19.1 Å². The fourth-order valence-corrected chi connectivity index (χ4v) is 1.78. The van der Waals surface area contributed by atoms with Crippen molar-refractivity contribution in [2.24, 2.45) is 0 Å². The second kappa shape index (κ2) is 6.82. The van der Waals surface area contributed by atoms with E-state index in [2.05, 4.69) is 38.0 Å². The molecule has 1 N–H and O–H groups in total. The molecule has 2 unspecified atom stereocenters. The molecular weight excluding hydrogens is 212 g/mol. The average molecular weight is 238 g/mol. The standard InChI is InChI=1S/C14H26N2O/c1-6-11(2)16(5)10-9-15-13(4)14-8-7-12(3)17-14/h7-8,11,13,15H,6,9-10H2,1-5H3. The summed E-state index contributed by atoms with van der Waals surface area (Å²) in [5, 5.41) is 3.49. The first-order chi connectivity index (χ1) is 8.04. The highest BCUT2D eigenvalue weighted by Crippen LogP contribution is 2.15. The van der Waals surface area contributed by atoms with E-state index < -0.39 is 0 Å². The van der Waals surface area contributed by atoms with Gasteiger partial charge in [0.25, 0.3) is 0 Å². The third-order valence-electron chi connectivity index (χ3n) is 3.45. The van der Waals surface area contributed by atoms with E-state index in [4.69, 9.17) is 4.42 Å². The zero-order chi connectivity index (χ0) is 12.8. The zero-order valence-electron chi connectivity index (χ0n) is 11.8. The Balaban J connectivity index is 2.27. The summed E-state index contributed by atoms with van der Waals surface area (Å²) in [6.07, 6.45) is 1.20. The summed E-state index contributed by atoms with van der Waals surface area (Å²) in [5.74, 6) is 2.00. The van der Waals surface area contributed by atoms with Crippen molar-refractivity contribution in [3.05, 3.63) is 23.7 Å². The van der Waals surface area contributed by atoms with E-state index in [-0.39, 0.29) is 6.04 Å². The van der Waals surface area contributed by atoms with E-state index in [1.165, 1.54) is 6.42 Å². The van der Waals surface area contributed by atoms with Crippen LogP contribution < -0.4 is 5.32 Å². The monoisotopic (exact) mass is 238 g/mol. The van der Waals surface area contributed by atoms with Crippen LogP contribution in [0.25, 0.3) is 0 Å². The molecule has 0 saturated heterocycles. The molecule has 1 rings (SSSR count). The summed E-state index contributed by atoms with van der Waals surface area (Å²) in [7, 11) is 2.18. The number of furan rings is 1. The molecule has 1 heterocycles. The molecule has 98 valence electrons. The van der Waals surface area contributed by atoms with Gasteiger partial charge >= 0.3 is 0 Å². The smallest absolute Gasteiger partial charge is 0.120 e. The van der Waals surface area contributed by atoms with Crippen molar-refractivity contribution in [2.75, 3.05) is 20.1 Å². The van der Waals surface area contributed by atoms with Crippen molar-refractivity contribution < 1.29 is 4.42 Å². The van der Waals surface area contributed by atoms with E-state index in [0.29, 0.717) is 6.04 Å². The molecule has 0 aliphatic carbocycles. The second-order valence-electron chi connectivity index (χ2n) is 4.86. The highest BCUT2D eigenvalue weighted by atomic mass is 16.3. The van der Waals surface area contributed by atoms with Crippen molar-refractivity contribution in [3.63, 3.8) is 0 Å². The lowest BCUT2D eigenvalue weighted by Crippen LogP contribution is -2.35. The molecule has 0 aromatic carbocycles. The molecule has 0 fully saturated rings. The Morgan fingerprint density at radius 3 is 2.59 bits per heavy atom. The molecule has 2 atom stereocenters. The van der Waals surface area contributed by atoms with E-state index in [1.54, 1.807) is 0 Å². The number of nitrogens with zero attached hydrogens (tertiary/aromatic N) is 1. The lowest BCUT2D eigenvalue weighted by molar-refractivity contribution is 0.247. The molecule has 1 aromatic heterocycles. The third-order valence-corrected chi connectivity index (χ3v) is 3.45. The summed E-state index contributed by atoms with van der Waals surface area (Å²) < 4.78 is 5.60. The van der Waals surface area contributed by atoms with Gasteiger partial charge in [0.2, 0.25) is 0 Å². The number of rotatable bonds is 7. The number of nitrogens with one attached hydrogen (secondary N) is 1. The minimum Gasteiger partial charge on any atom is -0.465 e. The van der Waals surface area contributed by atoms with Gasteiger partial charge in [-0.3, -0.25) is 0 Å². The van der Waals surface area contributed by atoms with Gasteiger partial charge in [-0.25, -0.2) is 0 Å². The molecule has 1 aromatic rings. The van der Waals surface area contributed by atoms with Crippen LogP contribution in [0.3, 0.4) is 0 Å². The molecule has 3 nitrogen and oxygen atoms in total. The third kappa shape index (κ3) is 4.52. The Hall–Kier alpha value is -0.800. The molecule has 0 saturated carbocycles. The van der Waals surface area contributed by atoms with Crippen LogP contribution in [0.5, 0.6) is 0 Å². The van der Waals surface area contributed by atoms with Gasteiger partial charge in [-0.1, -0.05) is 6.92 Å². The lowest BCUT2D eigenvalue weighted by Gasteiger charge is -2.24. The quantitative estimate of drug-likeness (QED) is 0.791. The summed E-state index contributed by atoms with van der Waals surface area (Å²) in [6.45, 7) is 10.7. The second-order valence-corrected chi connectivity index (χ2v) is 4.86. The van der Waals surface area contributed by atoms with Crippen LogP contribution in [0, 0.1) is 6.92 Å². The van der Waals surface area contributed by atoms with E-state index >= 15 is 0 Å². The topological polar surface area (TPSA) is 28.4 Å². The molecule has 0 aliphatic rings. The first-order valence-electron chi connectivity index (χ1n) is 6.54. The fourth-order valence-electron chi connectivity index (χ4n) is 1.78. The van der Waals surface area contributed by atoms with Gasteiger partial charge in [0.15, 0.2) is 0 Å². The van der Waals surface area contributed by atoms with Crippen LogP contribution in [-0.4, -0.2) is 31.1 Å².